The van der Waals surface area contributed by atoms with Crippen molar-refractivity contribution in [3.8, 4) is 0 Å². The van der Waals surface area contributed by atoms with Crippen molar-refractivity contribution in [3.05, 3.63) is 0 Å². The van der Waals surface area contributed by atoms with Gasteiger partial charge in [0, 0.05) is 7.05 Å². The number of rotatable bonds is 4. The van der Waals surface area contributed by atoms with E-state index >= 15 is 0 Å². The van der Waals surface area contributed by atoms with Crippen molar-refractivity contribution >= 4 is 0 Å². The second-order valence-electron chi connectivity index (χ2n) is 2.55. The maximum Gasteiger partial charge on any atom is 0.0673 e. The lowest BCUT2D eigenvalue weighted by Gasteiger charge is -2.35. The summed E-state index contributed by atoms with van der Waals surface area (Å²) in [5, 5.41) is 1.86. The van der Waals surface area contributed by atoms with Crippen LogP contribution in [0.2, 0.25) is 0 Å². The molecule has 0 aromatic rings. The second-order valence-corrected chi connectivity index (χ2v) is 2.55. The lowest BCUT2D eigenvalue weighted by atomic mass is 9.94. The molecule has 0 amide bonds. The van der Waals surface area contributed by atoms with Crippen LogP contribution in [-0.2, 0) is 4.84 Å². The van der Waals surface area contributed by atoms with Gasteiger partial charge in [-0.1, -0.05) is 6.42 Å². The molecule has 0 aliphatic heterocycles. The van der Waals surface area contributed by atoms with Crippen LogP contribution >= 0.6 is 0 Å². The summed E-state index contributed by atoms with van der Waals surface area (Å²) in [6.07, 6.45) is 3.87. The number of hydrogen-bond donors (Lipinski definition) is 1. The molecule has 0 spiro atoms. The Morgan fingerprint density at radius 2 is 2.30 bits per heavy atom. The summed E-state index contributed by atoms with van der Waals surface area (Å²) in [7, 11) is 1.90. The summed E-state index contributed by atoms with van der Waals surface area (Å²) in [5.74, 6) is 0. The highest BCUT2D eigenvalue weighted by Crippen LogP contribution is 2.23. The molecule has 0 aromatic carbocycles. The van der Waals surface area contributed by atoms with Crippen LogP contribution in [0.4, 0.5) is 0 Å². The van der Waals surface area contributed by atoms with Crippen molar-refractivity contribution < 1.29 is 4.84 Å². The number of hydroxylamine groups is 1. The second kappa shape index (κ2) is 3.91. The van der Waals surface area contributed by atoms with Crippen molar-refractivity contribution in [1.82, 2.24) is 10.6 Å². The van der Waals surface area contributed by atoms with Crippen LogP contribution in [0.3, 0.4) is 0 Å². The van der Waals surface area contributed by atoms with Gasteiger partial charge in [0.2, 0.25) is 0 Å². The van der Waals surface area contributed by atoms with Crippen molar-refractivity contribution in [2.24, 2.45) is 0 Å². The summed E-state index contributed by atoms with van der Waals surface area (Å²) in [6.45, 7) is 2.75. The molecular formula is C7H16N2O. The van der Waals surface area contributed by atoms with Crippen LogP contribution in [0.5, 0.6) is 0 Å². The monoisotopic (exact) mass is 144 g/mol. The average molecular weight is 144 g/mol. The van der Waals surface area contributed by atoms with E-state index in [-0.39, 0.29) is 0 Å². The Balaban J connectivity index is 2.17. The van der Waals surface area contributed by atoms with Gasteiger partial charge >= 0.3 is 0 Å². The minimum Gasteiger partial charge on any atom is -0.284 e. The van der Waals surface area contributed by atoms with Crippen molar-refractivity contribution in [1.29, 1.82) is 0 Å². The molecule has 1 fully saturated rings. The molecule has 0 saturated heterocycles. The lowest BCUT2D eigenvalue weighted by molar-refractivity contribution is -0.228. The van der Waals surface area contributed by atoms with Gasteiger partial charge in [0.05, 0.1) is 12.6 Å². The standard InChI is InChI=1S/C7H16N2O/c1-3-10-9(8-2)7-5-4-6-7/h7-8H,3-6H2,1-2H3. The van der Waals surface area contributed by atoms with Gasteiger partial charge in [0.1, 0.15) is 0 Å². The maximum absolute atomic E-state index is 5.32. The highest BCUT2D eigenvalue weighted by molar-refractivity contribution is 4.73. The Labute approximate surface area is 62.3 Å². The van der Waals surface area contributed by atoms with E-state index in [9.17, 15) is 0 Å². The Morgan fingerprint density at radius 3 is 2.60 bits per heavy atom. The number of nitrogens with one attached hydrogen (secondary N) is 1. The number of hydrazine groups is 1. The SMILES string of the molecule is CCON(NC)C1CCC1. The van der Waals surface area contributed by atoms with E-state index in [4.69, 9.17) is 4.84 Å². The Morgan fingerprint density at radius 1 is 1.60 bits per heavy atom. The van der Waals surface area contributed by atoms with Gasteiger partial charge in [0.15, 0.2) is 0 Å². The summed E-state index contributed by atoms with van der Waals surface area (Å²) in [6, 6.07) is 0.616. The maximum atomic E-state index is 5.32. The zero-order valence-electron chi connectivity index (χ0n) is 6.76. The molecule has 0 atom stereocenters. The van der Waals surface area contributed by atoms with Crippen LogP contribution in [-0.4, -0.2) is 24.9 Å². The molecule has 0 bridgehead atoms. The van der Waals surface area contributed by atoms with Crippen LogP contribution < -0.4 is 5.43 Å². The number of nitrogens with zero attached hydrogens (tertiary/aromatic N) is 1. The molecule has 0 unspecified atom stereocenters. The molecule has 1 rings (SSSR count). The first-order valence-electron chi connectivity index (χ1n) is 3.98. The summed E-state index contributed by atoms with van der Waals surface area (Å²) >= 11 is 0. The van der Waals surface area contributed by atoms with Crippen LogP contribution in [0.1, 0.15) is 26.2 Å². The first kappa shape index (κ1) is 7.98. The minimum absolute atomic E-state index is 0.616. The summed E-state index contributed by atoms with van der Waals surface area (Å²) in [4.78, 5) is 5.32. The quantitative estimate of drug-likeness (QED) is 0.594. The molecule has 3 nitrogen and oxygen atoms in total. The van der Waals surface area contributed by atoms with Gasteiger partial charge in [-0.3, -0.25) is 4.84 Å². The Hall–Kier alpha value is -0.120. The van der Waals surface area contributed by atoms with E-state index in [1.807, 2.05) is 19.1 Å². The van der Waals surface area contributed by atoms with E-state index in [2.05, 4.69) is 5.43 Å². The lowest BCUT2D eigenvalue weighted by Crippen LogP contribution is -2.46. The van der Waals surface area contributed by atoms with E-state index in [0.717, 1.165) is 6.61 Å². The first-order valence-corrected chi connectivity index (χ1v) is 3.98. The minimum atomic E-state index is 0.616. The largest absolute Gasteiger partial charge is 0.284 e. The normalized spacial score (nSPS) is 19.5. The molecular weight excluding hydrogens is 128 g/mol. The Bertz CT molecular complexity index is 93.6. The zero-order valence-corrected chi connectivity index (χ0v) is 6.76. The predicted octanol–water partition coefficient (Wildman–Crippen LogP) is 0.927. The van der Waals surface area contributed by atoms with Crippen LogP contribution in [0, 0.1) is 0 Å². The third-order valence-corrected chi connectivity index (χ3v) is 1.89. The molecule has 0 aromatic heterocycles. The number of hydrogen-bond acceptors (Lipinski definition) is 3. The van der Waals surface area contributed by atoms with Gasteiger partial charge in [-0.15, -0.1) is 5.17 Å². The van der Waals surface area contributed by atoms with Crippen molar-refractivity contribution in [2.75, 3.05) is 13.7 Å². The van der Waals surface area contributed by atoms with Crippen molar-refractivity contribution in [2.45, 2.75) is 32.2 Å². The summed E-state index contributed by atoms with van der Waals surface area (Å²) < 4.78 is 0. The van der Waals surface area contributed by atoms with E-state index < -0.39 is 0 Å². The molecule has 0 heterocycles. The van der Waals surface area contributed by atoms with Gasteiger partial charge in [-0.25, -0.2) is 5.43 Å². The third-order valence-electron chi connectivity index (χ3n) is 1.89. The molecule has 10 heavy (non-hydrogen) atoms. The molecule has 0 radical (unpaired) electrons. The molecule has 1 N–H and O–H groups in total. The van der Waals surface area contributed by atoms with E-state index in [0.29, 0.717) is 6.04 Å². The Kier molecular flexibility index (Phi) is 3.12. The topological polar surface area (TPSA) is 24.5 Å². The third kappa shape index (κ3) is 1.68. The smallest absolute Gasteiger partial charge is 0.0673 e. The molecule has 1 aliphatic carbocycles. The van der Waals surface area contributed by atoms with Crippen LogP contribution in [0.25, 0.3) is 0 Å². The molecule has 1 saturated carbocycles. The molecule has 60 valence electrons. The van der Waals surface area contributed by atoms with Gasteiger partial charge in [-0.05, 0) is 19.8 Å². The van der Waals surface area contributed by atoms with E-state index in [1.165, 1.54) is 19.3 Å². The highest BCUT2D eigenvalue weighted by Gasteiger charge is 2.24. The predicted molar refractivity (Wildman–Crippen MR) is 40.2 cm³/mol. The highest BCUT2D eigenvalue weighted by atomic mass is 16.7. The van der Waals surface area contributed by atoms with E-state index in [1.54, 1.807) is 0 Å². The molecule has 3 heteroatoms. The fourth-order valence-corrected chi connectivity index (χ4v) is 1.11. The average Bonchev–Trinajstić information content (AvgIpc) is 1.83. The van der Waals surface area contributed by atoms with Crippen molar-refractivity contribution in [3.63, 3.8) is 0 Å². The van der Waals surface area contributed by atoms with Gasteiger partial charge < -0.3 is 0 Å². The fraction of sp³-hybridized carbons (Fsp3) is 1.00. The fourth-order valence-electron chi connectivity index (χ4n) is 1.11. The molecule has 1 aliphatic rings. The van der Waals surface area contributed by atoms with Crippen LogP contribution in [0.15, 0.2) is 0 Å². The van der Waals surface area contributed by atoms with Gasteiger partial charge in [0.25, 0.3) is 0 Å². The zero-order chi connectivity index (χ0) is 7.40. The summed E-state index contributed by atoms with van der Waals surface area (Å²) in [5.41, 5.74) is 3.02. The van der Waals surface area contributed by atoms with Gasteiger partial charge in [-0.2, -0.15) is 0 Å². The first-order chi connectivity index (χ1) is 4.88.